The van der Waals surface area contributed by atoms with Crippen LogP contribution in [0.3, 0.4) is 0 Å². The van der Waals surface area contributed by atoms with Crippen molar-refractivity contribution in [3.63, 3.8) is 0 Å². The Hall–Kier alpha value is -3.75. The highest BCUT2D eigenvalue weighted by atomic mass is 16.5. The normalized spacial score (nSPS) is 13.8. The zero-order valence-corrected chi connectivity index (χ0v) is 16.0. The van der Waals surface area contributed by atoms with E-state index in [0.29, 0.717) is 43.4 Å². The molecule has 1 aliphatic rings. The molecule has 9 nitrogen and oxygen atoms in total. The second-order valence-corrected chi connectivity index (χ2v) is 6.50. The van der Waals surface area contributed by atoms with Gasteiger partial charge in [0, 0.05) is 62.1 Å². The second kappa shape index (κ2) is 8.51. The van der Waals surface area contributed by atoms with E-state index < -0.39 is 0 Å². The van der Waals surface area contributed by atoms with Gasteiger partial charge in [-0.25, -0.2) is 4.98 Å². The predicted octanol–water partition coefficient (Wildman–Crippen LogP) is 1.98. The smallest absolute Gasteiger partial charge is 0.254 e. The molecule has 0 aliphatic carbocycles. The molecule has 0 atom stereocenters. The van der Waals surface area contributed by atoms with Crippen molar-refractivity contribution >= 4 is 23.2 Å². The zero-order valence-electron chi connectivity index (χ0n) is 16.0. The van der Waals surface area contributed by atoms with Crippen LogP contribution in [0.1, 0.15) is 10.4 Å². The first kappa shape index (κ1) is 18.6. The fourth-order valence-corrected chi connectivity index (χ4v) is 3.12. The van der Waals surface area contributed by atoms with E-state index in [1.165, 1.54) is 7.11 Å². The van der Waals surface area contributed by atoms with E-state index in [-0.39, 0.29) is 5.91 Å². The monoisotopic (exact) mass is 391 g/mol. The molecular formula is C20H21N7O2. The van der Waals surface area contributed by atoms with E-state index in [1.54, 1.807) is 30.7 Å². The van der Waals surface area contributed by atoms with Crippen molar-refractivity contribution < 1.29 is 9.53 Å². The molecule has 3 aromatic heterocycles. The Bertz CT molecular complexity index is 958. The van der Waals surface area contributed by atoms with Crippen LogP contribution in [0.5, 0.6) is 5.88 Å². The maximum Gasteiger partial charge on any atom is 0.254 e. The molecule has 1 saturated heterocycles. The Morgan fingerprint density at radius 2 is 1.79 bits per heavy atom. The summed E-state index contributed by atoms with van der Waals surface area (Å²) in [6.45, 7) is 2.61. The summed E-state index contributed by atoms with van der Waals surface area (Å²) < 4.78 is 5.10. The molecule has 148 valence electrons. The Morgan fingerprint density at radius 3 is 2.48 bits per heavy atom. The van der Waals surface area contributed by atoms with Crippen LogP contribution in [-0.2, 0) is 0 Å². The van der Waals surface area contributed by atoms with Gasteiger partial charge in [-0.15, -0.1) is 10.2 Å². The lowest BCUT2D eigenvalue weighted by atomic mass is 10.2. The molecule has 0 radical (unpaired) electrons. The van der Waals surface area contributed by atoms with Crippen LogP contribution in [-0.4, -0.2) is 64.3 Å². The van der Waals surface area contributed by atoms with Gasteiger partial charge in [-0.3, -0.25) is 9.78 Å². The van der Waals surface area contributed by atoms with Crippen molar-refractivity contribution in [2.45, 2.75) is 0 Å². The molecule has 0 saturated carbocycles. The summed E-state index contributed by atoms with van der Waals surface area (Å²) in [5.74, 6) is 1.88. The number of rotatable bonds is 5. The van der Waals surface area contributed by atoms with Crippen molar-refractivity contribution in [1.29, 1.82) is 0 Å². The highest BCUT2D eigenvalue weighted by Crippen LogP contribution is 2.18. The summed E-state index contributed by atoms with van der Waals surface area (Å²) in [6, 6.07) is 10.9. The van der Waals surface area contributed by atoms with Crippen molar-refractivity contribution in [1.82, 2.24) is 25.1 Å². The largest absolute Gasteiger partial charge is 0.481 e. The number of nitrogens with one attached hydrogen (secondary N) is 1. The Balaban J connectivity index is 1.35. The van der Waals surface area contributed by atoms with E-state index in [2.05, 4.69) is 30.4 Å². The fourth-order valence-electron chi connectivity index (χ4n) is 3.12. The molecule has 0 bridgehead atoms. The van der Waals surface area contributed by atoms with Crippen molar-refractivity contribution in [3.8, 4) is 5.88 Å². The number of ether oxygens (including phenoxy) is 1. The van der Waals surface area contributed by atoms with Crippen LogP contribution >= 0.6 is 0 Å². The molecule has 1 N–H and O–H groups in total. The molecule has 1 amide bonds. The number of carbonyl (C=O) groups excluding carboxylic acids is 1. The van der Waals surface area contributed by atoms with Crippen molar-refractivity contribution in [3.05, 3.63) is 60.6 Å². The third-order valence-electron chi connectivity index (χ3n) is 4.69. The first-order chi connectivity index (χ1) is 14.2. The average Bonchev–Trinajstić information content (AvgIpc) is 2.80. The van der Waals surface area contributed by atoms with Crippen LogP contribution in [0.2, 0.25) is 0 Å². The van der Waals surface area contributed by atoms with Crippen LogP contribution in [0.25, 0.3) is 0 Å². The number of hydrogen-bond donors (Lipinski definition) is 1. The maximum atomic E-state index is 12.7. The summed E-state index contributed by atoms with van der Waals surface area (Å²) >= 11 is 0. The van der Waals surface area contributed by atoms with E-state index >= 15 is 0 Å². The van der Waals surface area contributed by atoms with Crippen molar-refractivity contribution in [2.24, 2.45) is 0 Å². The maximum absolute atomic E-state index is 12.7. The highest BCUT2D eigenvalue weighted by Gasteiger charge is 2.23. The number of carbonyl (C=O) groups is 1. The lowest BCUT2D eigenvalue weighted by molar-refractivity contribution is 0.0746. The summed E-state index contributed by atoms with van der Waals surface area (Å²) in [5.41, 5.74) is 1.48. The third kappa shape index (κ3) is 4.40. The predicted molar refractivity (Wildman–Crippen MR) is 108 cm³/mol. The first-order valence-corrected chi connectivity index (χ1v) is 9.28. The second-order valence-electron chi connectivity index (χ2n) is 6.50. The van der Waals surface area contributed by atoms with Gasteiger partial charge >= 0.3 is 0 Å². The molecule has 3 aromatic rings. The minimum atomic E-state index is -0.0201. The summed E-state index contributed by atoms with van der Waals surface area (Å²) in [7, 11) is 1.54. The summed E-state index contributed by atoms with van der Waals surface area (Å²) in [5, 5.41) is 11.7. The SMILES string of the molecule is COc1cc(C(=O)N2CCN(c3ccc(Nc4ccncc4)nn3)CC2)ccn1. The topological polar surface area (TPSA) is 96.4 Å². The quantitative estimate of drug-likeness (QED) is 0.705. The molecule has 1 fully saturated rings. The minimum Gasteiger partial charge on any atom is -0.481 e. The molecule has 29 heavy (non-hydrogen) atoms. The number of piperazine rings is 1. The molecule has 9 heteroatoms. The number of methoxy groups -OCH3 is 1. The van der Waals surface area contributed by atoms with Crippen LogP contribution in [0.4, 0.5) is 17.3 Å². The third-order valence-corrected chi connectivity index (χ3v) is 4.69. The Morgan fingerprint density at radius 1 is 1.00 bits per heavy atom. The van der Waals surface area contributed by atoms with Gasteiger partial charge in [-0.1, -0.05) is 0 Å². The number of nitrogens with zero attached hydrogens (tertiary/aromatic N) is 6. The van der Waals surface area contributed by atoms with E-state index in [1.807, 2.05) is 29.2 Å². The minimum absolute atomic E-state index is 0.0201. The van der Waals surface area contributed by atoms with Crippen LogP contribution in [0.15, 0.2) is 55.0 Å². The van der Waals surface area contributed by atoms with E-state index in [0.717, 1.165) is 11.5 Å². The fraction of sp³-hybridized carbons (Fsp3) is 0.250. The standard InChI is InChI=1S/C20H21N7O2/c1-29-19-14-15(4-9-22-19)20(28)27-12-10-26(11-13-27)18-3-2-17(24-25-18)23-16-5-7-21-8-6-16/h2-9,14H,10-13H2,1H3,(H,21,23,24). The molecule has 0 aromatic carbocycles. The summed E-state index contributed by atoms with van der Waals surface area (Å²) in [4.78, 5) is 24.7. The number of pyridine rings is 2. The van der Waals surface area contributed by atoms with Gasteiger partial charge in [0.1, 0.15) is 0 Å². The number of amides is 1. The highest BCUT2D eigenvalue weighted by molar-refractivity contribution is 5.94. The first-order valence-electron chi connectivity index (χ1n) is 9.28. The van der Waals surface area contributed by atoms with Gasteiger partial charge in [0.15, 0.2) is 11.6 Å². The molecule has 1 aliphatic heterocycles. The number of hydrogen-bond acceptors (Lipinski definition) is 8. The lowest BCUT2D eigenvalue weighted by Gasteiger charge is -2.35. The molecule has 4 heterocycles. The van der Waals surface area contributed by atoms with E-state index in [4.69, 9.17) is 4.74 Å². The van der Waals surface area contributed by atoms with Crippen LogP contribution < -0.4 is 15.0 Å². The van der Waals surface area contributed by atoms with Gasteiger partial charge in [0.2, 0.25) is 5.88 Å². The van der Waals surface area contributed by atoms with Gasteiger partial charge in [-0.2, -0.15) is 0 Å². The molecular weight excluding hydrogens is 370 g/mol. The Labute approximate surface area is 168 Å². The lowest BCUT2D eigenvalue weighted by Crippen LogP contribution is -2.49. The van der Waals surface area contributed by atoms with Crippen molar-refractivity contribution in [2.75, 3.05) is 43.5 Å². The summed E-state index contributed by atoms with van der Waals surface area (Å²) in [6.07, 6.45) is 5.01. The molecule has 0 spiro atoms. The number of aromatic nitrogens is 4. The number of anilines is 3. The van der Waals surface area contributed by atoms with Gasteiger partial charge in [-0.05, 0) is 30.3 Å². The van der Waals surface area contributed by atoms with Gasteiger partial charge < -0.3 is 19.9 Å². The molecule has 0 unspecified atom stereocenters. The average molecular weight is 391 g/mol. The Kier molecular flexibility index (Phi) is 5.46. The van der Waals surface area contributed by atoms with Gasteiger partial charge in [0.05, 0.1) is 7.11 Å². The molecule has 4 rings (SSSR count). The van der Waals surface area contributed by atoms with E-state index in [9.17, 15) is 4.79 Å². The van der Waals surface area contributed by atoms with Crippen LogP contribution in [0, 0.1) is 0 Å². The zero-order chi connectivity index (χ0) is 20.1. The van der Waals surface area contributed by atoms with Gasteiger partial charge in [0.25, 0.3) is 5.91 Å².